The van der Waals surface area contributed by atoms with Gasteiger partial charge in [-0.3, -0.25) is 0 Å². The molecule has 33 heavy (non-hydrogen) atoms. The van der Waals surface area contributed by atoms with E-state index >= 15 is 0 Å². The molecule has 4 rings (SSSR count). The Bertz CT molecular complexity index is 1260. The van der Waals surface area contributed by atoms with Crippen molar-refractivity contribution in [2.75, 3.05) is 0 Å². The third kappa shape index (κ3) is 6.04. The van der Waals surface area contributed by atoms with Gasteiger partial charge in [-0.2, -0.15) is 10.5 Å². The number of allylic oxidation sites excluding steroid dienone is 4. The first kappa shape index (κ1) is 22.2. The van der Waals surface area contributed by atoms with Crippen molar-refractivity contribution in [1.82, 2.24) is 0 Å². The maximum atomic E-state index is 9.09. The van der Waals surface area contributed by atoms with Gasteiger partial charge in [-0.1, -0.05) is 48.3 Å². The fourth-order valence-corrected chi connectivity index (χ4v) is 5.25. The predicted octanol–water partition coefficient (Wildman–Crippen LogP) is 6.31. The van der Waals surface area contributed by atoms with Gasteiger partial charge < -0.3 is 4.74 Å². The molecule has 3 nitrogen and oxygen atoms in total. The van der Waals surface area contributed by atoms with Crippen LogP contribution in [0.4, 0.5) is 0 Å². The number of hydrogen-bond acceptors (Lipinski definition) is 3. The highest BCUT2D eigenvalue weighted by Gasteiger charge is 2.10. The molecule has 160 valence electrons. The Morgan fingerprint density at radius 3 is 1.45 bits per heavy atom. The number of nitrogens with zero attached hydrogens (tertiary/aromatic N) is 2. The van der Waals surface area contributed by atoms with Gasteiger partial charge in [0.05, 0.1) is 36.1 Å². The summed E-state index contributed by atoms with van der Waals surface area (Å²) in [5.41, 5.74) is 3.27. The van der Waals surface area contributed by atoms with Crippen LogP contribution < -0.4 is 4.74 Å². The summed E-state index contributed by atoms with van der Waals surface area (Å²) in [5, 5.41) is 33.2. The second-order valence-corrected chi connectivity index (χ2v) is 10.4. The number of thiol groups is 2. The van der Waals surface area contributed by atoms with Crippen molar-refractivity contribution in [3.8, 4) is 46.0 Å². The number of ether oxygens (including phenoxy) is 1. The summed E-state index contributed by atoms with van der Waals surface area (Å²) in [7, 11) is -1.18. The minimum Gasteiger partial charge on any atom is -0.455 e. The Morgan fingerprint density at radius 2 is 1.06 bits per heavy atom. The van der Waals surface area contributed by atoms with Gasteiger partial charge in [0.25, 0.3) is 0 Å². The van der Waals surface area contributed by atoms with Crippen molar-refractivity contribution in [3.63, 3.8) is 0 Å². The van der Waals surface area contributed by atoms with E-state index in [4.69, 9.17) is 15.3 Å². The van der Waals surface area contributed by atoms with Crippen LogP contribution in [0, 0.1) is 45.0 Å². The normalized spacial score (nSPS) is 14.7. The van der Waals surface area contributed by atoms with E-state index in [0.29, 0.717) is 24.3 Å². The van der Waals surface area contributed by atoms with Gasteiger partial charge in [-0.25, -0.2) is 0 Å². The first-order valence-electron chi connectivity index (χ1n) is 10.2. The zero-order valence-corrected chi connectivity index (χ0v) is 19.5. The maximum Gasteiger partial charge on any atom is 0.143 e. The number of hydrogen-bond donors (Lipinski definition) is 2. The molecule has 0 bridgehead atoms. The molecule has 0 N–H and O–H groups in total. The van der Waals surface area contributed by atoms with E-state index in [1.807, 2.05) is 60.7 Å². The molecule has 0 aliphatic carbocycles. The molecule has 0 atom stereocenters. The third-order valence-electron chi connectivity index (χ3n) is 4.72. The molecule has 0 amide bonds. The van der Waals surface area contributed by atoms with Crippen molar-refractivity contribution in [3.05, 3.63) is 105 Å². The van der Waals surface area contributed by atoms with Gasteiger partial charge in [0.2, 0.25) is 0 Å². The second-order valence-electron chi connectivity index (χ2n) is 7.09. The lowest BCUT2D eigenvalue weighted by Gasteiger charge is -2.12. The monoisotopic (exact) mass is 464 g/mol. The van der Waals surface area contributed by atoms with Crippen molar-refractivity contribution < 1.29 is 4.74 Å². The first-order chi connectivity index (χ1) is 16.2. The van der Waals surface area contributed by atoms with Crippen molar-refractivity contribution in [2.24, 2.45) is 0 Å². The van der Waals surface area contributed by atoms with E-state index in [2.05, 4.69) is 56.1 Å². The van der Waals surface area contributed by atoms with Crippen LogP contribution in [0.2, 0.25) is 0 Å². The molecule has 2 heterocycles. The highest BCUT2D eigenvalue weighted by molar-refractivity contribution is 8.26. The molecule has 2 aliphatic rings. The summed E-state index contributed by atoms with van der Waals surface area (Å²) in [6.45, 7) is 0. The van der Waals surface area contributed by atoms with Crippen LogP contribution >= 0.6 is 21.8 Å². The molecule has 5 heteroatoms. The lowest BCUT2D eigenvalue weighted by atomic mass is 10.1. The van der Waals surface area contributed by atoms with Crippen LogP contribution in [0.5, 0.6) is 11.5 Å². The maximum absolute atomic E-state index is 9.09. The highest BCUT2D eigenvalue weighted by atomic mass is 32.2. The lowest BCUT2D eigenvalue weighted by molar-refractivity contribution is 0.479. The average molecular weight is 465 g/mol. The Balaban J connectivity index is 1.70. The lowest BCUT2D eigenvalue weighted by Crippen LogP contribution is -1.94. The number of nitriles is 2. The topological polar surface area (TPSA) is 56.8 Å². The van der Waals surface area contributed by atoms with Crippen LogP contribution in [-0.2, 0) is 12.8 Å². The van der Waals surface area contributed by atoms with Crippen molar-refractivity contribution in [1.29, 1.82) is 10.5 Å². The van der Waals surface area contributed by atoms with Gasteiger partial charge in [-0.05, 0) is 67.5 Å². The van der Waals surface area contributed by atoms with Crippen LogP contribution in [0.3, 0.4) is 0 Å². The van der Waals surface area contributed by atoms with Gasteiger partial charge >= 0.3 is 0 Å². The van der Waals surface area contributed by atoms with E-state index in [-0.39, 0.29) is 0 Å². The minimum atomic E-state index is -0.590. The number of rotatable bonds is 4. The average Bonchev–Trinajstić information content (AvgIpc) is 3.54. The quantitative estimate of drug-likeness (QED) is 0.412. The van der Waals surface area contributed by atoms with Crippen LogP contribution in [0.1, 0.15) is 22.3 Å². The summed E-state index contributed by atoms with van der Waals surface area (Å²) in [5.74, 6) is 7.74. The standard InChI is InChI=1S/C28H20N2OS2/c29-13-9-23-5-7-27(25(21-23)11-19-32-15-1-2-16-32)31-28-8-6-24(10-14-30)22-26(28)12-20-33-17-3-4-18-33/h1-8,15-18,21-22,32-33H,9-10H2. The molecule has 0 saturated carbocycles. The summed E-state index contributed by atoms with van der Waals surface area (Å²) < 4.78 is 6.31. The van der Waals surface area contributed by atoms with Crippen molar-refractivity contribution >= 4 is 21.8 Å². The molecule has 0 spiro atoms. The Morgan fingerprint density at radius 1 is 0.636 bits per heavy atom. The minimum absolute atomic E-state index is 0.313. The molecule has 0 radical (unpaired) electrons. The molecule has 0 saturated heterocycles. The van der Waals surface area contributed by atoms with Crippen molar-refractivity contribution in [2.45, 2.75) is 12.8 Å². The third-order valence-corrected chi connectivity index (χ3v) is 7.44. The fraction of sp³-hybridized carbons (Fsp3) is 0.0714. The van der Waals surface area contributed by atoms with E-state index in [1.54, 1.807) is 0 Å². The van der Waals surface area contributed by atoms with Crippen LogP contribution in [0.15, 0.2) is 82.3 Å². The summed E-state index contributed by atoms with van der Waals surface area (Å²) in [6.07, 6.45) is 8.66. The van der Waals surface area contributed by atoms with Gasteiger partial charge in [-0.15, -0.1) is 21.8 Å². The summed E-state index contributed by atoms with van der Waals surface area (Å²) in [4.78, 5) is 0. The Labute approximate surface area is 200 Å². The van der Waals surface area contributed by atoms with E-state index in [1.165, 1.54) is 0 Å². The zero-order chi connectivity index (χ0) is 22.9. The van der Waals surface area contributed by atoms with E-state index in [9.17, 15) is 0 Å². The van der Waals surface area contributed by atoms with Crippen LogP contribution in [-0.4, -0.2) is 0 Å². The molecule has 2 aliphatic heterocycles. The molecular formula is C28H20N2OS2. The fourth-order valence-electron chi connectivity index (χ4n) is 3.12. The number of benzene rings is 2. The molecule has 2 aromatic carbocycles. The molecule has 2 aromatic rings. The zero-order valence-electron chi connectivity index (χ0n) is 17.7. The smallest absolute Gasteiger partial charge is 0.143 e. The van der Waals surface area contributed by atoms with E-state index < -0.39 is 21.8 Å². The summed E-state index contributed by atoms with van der Waals surface area (Å²) >= 11 is 0. The Kier molecular flexibility index (Phi) is 7.43. The van der Waals surface area contributed by atoms with Crippen LogP contribution in [0.25, 0.3) is 0 Å². The Hall–Kier alpha value is -4.00. The molecule has 0 aromatic heterocycles. The van der Waals surface area contributed by atoms with Gasteiger partial charge in [0, 0.05) is 0 Å². The second kappa shape index (κ2) is 11.0. The van der Waals surface area contributed by atoms with Gasteiger partial charge in [0.1, 0.15) is 11.5 Å². The molecular weight excluding hydrogens is 444 g/mol. The van der Waals surface area contributed by atoms with E-state index in [0.717, 1.165) is 22.3 Å². The predicted molar refractivity (Wildman–Crippen MR) is 140 cm³/mol. The van der Waals surface area contributed by atoms with Gasteiger partial charge in [0.15, 0.2) is 0 Å². The SMILES string of the molecule is N#CCc1ccc(Oc2ccc(CC#N)cc2C#C[SH]2C=CC=C2)c(C#C[SH]2C=CC=C2)c1. The summed E-state index contributed by atoms with van der Waals surface area (Å²) in [6, 6.07) is 15.7. The molecule has 0 unspecified atom stereocenters. The largest absolute Gasteiger partial charge is 0.455 e. The highest BCUT2D eigenvalue weighted by Crippen LogP contribution is 2.34. The molecule has 0 fully saturated rings. The first-order valence-corrected chi connectivity index (χ1v) is 13.2.